The summed E-state index contributed by atoms with van der Waals surface area (Å²) in [5.41, 5.74) is -0.435. The lowest BCUT2D eigenvalue weighted by atomic mass is 10.2. The Bertz CT molecular complexity index is 367. The van der Waals surface area contributed by atoms with Crippen LogP contribution in [0.2, 0.25) is 0 Å². The molecule has 1 aromatic rings. The predicted octanol–water partition coefficient (Wildman–Crippen LogP) is 1.17. The second kappa shape index (κ2) is 2.88. The van der Waals surface area contributed by atoms with Crippen molar-refractivity contribution in [3.05, 3.63) is 33.9 Å². The van der Waals surface area contributed by atoms with Gasteiger partial charge in [0, 0.05) is 12.1 Å². The molecule has 0 bridgehead atoms. The summed E-state index contributed by atoms with van der Waals surface area (Å²) in [6.07, 6.45) is 0. The van der Waals surface area contributed by atoms with Gasteiger partial charge in [0.15, 0.2) is 0 Å². The van der Waals surface area contributed by atoms with Gasteiger partial charge in [0.1, 0.15) is 17.4 Å². The smallest absolute Gasteiger partial charge is 0.287 e. The van der Waals surface area contributed by atoms with Gasteiger partial charge < -0.3 is 5.11 Å². The van der Waals surface area contributed by atoms with Crippen molar-refractivity contribution in [1.29, 1.82) is 5.26 Å². The lowest BCUT2D eigenvalue weighted by molar-refractivity contribution is -0.385. The van der Waals surface area contributed by atoms with Crippen LogP contribution < -0.4 is 0 Å². The van der Waals surface area contributed by atoms with Gasteiger partial charge in [-0.25, -0.2) is 0 Å². The van der Waals surface area contributed by atoms with Crippen molar-refractivity contribution >= 4 is 5.69 Å². The van der Waals surface area contributed by atoms with Crippen molar-refractivity contribution in [3.8, 4) is 11.8 Å². The molecular formula is C7H4N2O3. The second-order valence-electron chi connectivity index (χ2n) is 2.07. The van der Waals surface area contributed by atoms with E-state index in [1.807, 2.05) is 0 Å². The average Bonchev–Trinajstić information content (AvgIpc) is 2.03. The van der Waals surface area contributed by atoms with Crippen LogP contribution in [0.25, 0.3) is 0 Å². The van der Waals surface area contributed by atoms with Crippen LogP contribution in [0.1, 0.15) is 5.56 Å². The van der Waals surface area contributed by atoms with Crippen LogP contribution in [0.4, 0.5) is 5.69 Å². The average molecular weight is 164 g/mol. The number of nitriles is 1. The van der Waals surface area contributed by atoms with Crippen LogP contribution >= 0.6 is 0 Å². The third-order valence-electron chi connectivity index (χ3n) is 1.30. The van der Waals surface area contributed by atoms with Gasteiger partial charge in [-0.2, -0.15) is 5.26 Å². The molecule has 0 atom stereocenters. The van der Waals surface area contributed by atoms with E-state index in [1.165, 1.54) is 6.07 Å². The van der Waals surface area contributed by atoms with Gasteiger partial charge in [-0.15, -0.1) is 0 Å². The predicted molar refractivity (Wildman–Crippen MR) is 39.5 cm³/mol. The first-order chi connectivity index (χ1) is 5.65. The molecule has 0 unspecified atom stereocenters. The number of nitrogens with zero attached hydrogens (tertiary/aromatic N) is 2. The van der Waals surface area contributed by atoms with Gasteiger partial charge in [-0.1, -0.05) is 0 Å². The molecule has 0 aliphatic heterocycles. The fraction of sp³-hybridized carbons (Fsp3) is 0. The van der Waals surface area contributed by atoms with E-state index < -0.39 is 4.92 Å². The van der Waals surface area contributed by atoms with E-state index in [-0.39, 0.29) is 17.0 Å². The van der Waals surface area contributed by atoms with Crippen molar-refractivity contribution < 1.29 is 10.0 Å². The second-order valence-corrected chi connectivity index (χ2v) is 2.07. The first-order valence-corrected chi connectivity index (χ1v) is 3.02. The van der Waals surface area contributed by atoms with Crippen molar-refractivity contribution in [2.75, 3.05) is 0 Å². The Morgan fingerprint density at radius 2 is 2.25 bits per heavy atom. The molecule has 5 heteroatoms. The third-order valence-corrected chi connectivity index (χ3v) is 1.30. The summed E-state index contributed by atoms with van der Waals surface area (Å²) in [5.74, 6) is -0.155. The number of nitro groups is 1. The minimum atomic E-state index is -0.669. The Hall–Kier alpha value is -2.09. The third kappa shape index (κ3) is 1.32. The number of rotatable bonds is 1. The SMILES string of the molecule is N#Cc1cc(O)ccc1[N+](=O)[O-]. The van der Waals surface area contributed by atoms with Crippen molar-refractivity contribution in [3.63, 3.8) is 0 Å². The highest BCUT2D eigenvalue weighted by molar-refractivity contribution is 5.51. The van der Waals surface area contributed by atoms with E-state index in [0.29, 0.717) is 0 Å². The Morgan fingerprint density at radius 1 is 1.58 bits per heavy atom. The Morgan fingerprint density at radius 3 is 2.75 bits per heavy atom. The summed E-state index contributed by atoms with van der Waals surface area (Å²) in [7, 11) is 0. The zero-order chi connectivity index (χ0) is 9.14. The number of phenols is 1. The van der Waals surface area contributed by atoms with E-state index in [4.69, 9.17) is 10.4 Å². The molecule has 1 rings (SSSR count). The topological polar surface area (TPSA) is 87.2 Å². The molecule has 0 spiro atoms. The fourth-order valence-corrected chi connectivity index (χ4v) is 0.773. The summed E-state index contributed by atoms with van der Waals surface area (Å²) in [5, 5.41) is 27.6. The minimum absolute atomic E-state index is 0.139. The van der Waals surface area contributed by atoms with E-state index in [1.54, 1.807) is 6.07 Å². The molecule has 1 aromatic carbocycles. The standard InChI is InChI=1S/C7H4N2O3/c8-4-5-3-6(10)1-2-7(5)9(11)12/h1-3,10H. The Kier molecular flexibility index (Phi) is 1.92. The molecule has 0 aliphatic carbocycles. The fourth-order valence-electron chi connectivity index (χ4n) is 0.773. The summed E-state index contributed by atoms with van der Waals surface area (Å²) in [6.45, 7) is 0. The van der Waals surface area contributed by atoms with Crippen LogP contribution in [0.5, 0.6) is 5.75 Å². The molecule has 0 radical (unpaired) electrons. The van der Waals surface area contributed by atoms with Gasteiger partial charge in [0.2, 0.25) is 0 Å². The van der Waals surface area contributed by atoms with Gasteiger partial charge in [-0.05, 0) is 6.07 Å². The normalized spacial score (nSPS) is 8.92. The summed E-state index contributed by atoms with van der Waals surface area (Å²) >= 11 is 0. The van der Waals surface area contributed by atoms with E-state index in [0.717, 1.165) is 12.1 Å². The zero-order valence-electron chi connectivity index (χ0n) is 5.89. The van der Waals surface area contributed by atoms with Crippen LogP contribution in [0.15, 0.2) is 18.2 Å². The van der Waals surface area contributed by atoms with Gasteiger partial charge in [0.05, 0.1) is 4.92 Å². The summed E-state index contributed by atoms with van der Waals surface area (Å²) < 4.78 is 0. The number of hydrogen-bond acceptors (Lipinski definition) is 4. The van der Waals surface area contributed by atoms with Crippen LogP contribution in [0.3, 0.4) is 0 Å². The highest BCUT2D eigenvalue weighted by Crippen LogP contribution is 2.21. The molecular weight excluding hydrogens is 160 g/mol. The first kappa shape index (κ1) is 8.01. The van der Waals surface area contributed by atoms with Crippen LogP contribution in [-0.4, -0.2) is 10.0 Å². The zero-order valence-corrected chi connectivity index (χ0v) is 5.89. The van der Waals surface area contributed by atoms with Crippen LogP contribution in [0, 0.1) is 21.4 Å². The summed E-state index contributed by atoms with van der Waals surface area (Å²) in [6, 6.07) is 4.93. The monoisotopic (exact) mass is 164 g/mol. The van der Waals surface area contributed by atoms with Gasteiger partial charge in [0.25, 0.3) is 5.69 Å². The molecule has 0 aliphatic rings. The van der Waals surface area contributed by atoms with Crippen LogP contribution in [-0.2, 0) is 0 Å². The van der Waals surface area contributed by atoms with Gasteiger partial charge in [-0.3, -0.25) is 10.1 Å². The number of nitro benzene ring substituents is 1. The molecule has 0 heterocycles. The van der Waals surface area contributed by atoms with Crippen molar-refractivity contribution in [2.45, 2.75) is 0 Å². The molecule has 60 valence electrons. The molecule has 0 aromatic heterocycles. The number of benzene rings is 1. The molecule has 0 fully saturated rings. The maximum absolute atomic E-state index is 10.3. The highest BCUT2D eigenvalue weighted by atomic mass is 16.6. The van der Waals surface area contributed by atoms with Gasteiger partial charge >= 0.3 is 0 Å². The molecule has 12 heavy (non-hydrogen) atoms. The first-order valence-electron chi connectivity index (χ1n) is 3.02. The lowest BCUT2D eigenvalue weighted by Gasteiger charge is -1.94. The molecule has 5 nitrogen and oxygen atoms in total. The Labute approximate surface area is 67.6 Å². The molecule has 0 amide bonds. The lowest BCUT2D eigenvalue weighted by Crippen LogP contribution is -1.90. The highest BCUT2D eigenvalue weighted by Gasteiger charge is 2.12. The number of aromatic hydroxyl groups is 1. The van der Waals surface area contributed by atoms with E-state index >= 15 is 0 Å². The summed E-state index contributed by atoms with van der Waals surface area (Å²) in [4.78, 5) is 9.60. The van der Waals surface area contributed by atoms with E-state index in [2.05, 4.69) is 0 Å². The number of hydrogen-bond donors (Lipinski definition) is 1. The van der Waals surface area contributed by atoms with Crippen molar-refractivity contribution in [1.82, 2.24) is 0 Å². The Balaban J connectivity index is 3.32. The maximum Gasteiger partial charge on any atom is 0.287 e. The van der Waals surface area contributed by atoms with E-state index in [9.17, 15) is 10.1 Å². The molecule has 1 N–H and O–H groups in total. The maximum atomic E-state index is 10.3. The largest absolute Gasteiger partial charge is 0.508 e. The minimum Gasteiger partial charge on any atom is -0.508 e. The number of phenolic OH excluding ortho intramolecular Hbond substituents is 1. The van der Waals surface area contributed by atoms with Crippen molar-refractivity contribution in [2.24, 2.45) is 0 Å². The molecule has 0 saturated carbocycles. The molecule has 0 saturated heterocycles. The quantitative estimate of drug-likeness (QED) is 0.498.